The van der Waals surface area contributed by atoms with Gasteiger partial charge in [0.05, 0.1) is 31.6 Å². The van der Waals surface area contributed by atoms with Crippen LogP contribution < -0.4 is 24.8 Å². The number of rotatable bonds is 6. The third kappa shape index (κ3) is 4.64. The van der Waals surface area contributed by atoms with E-state index in [1.54, 1.807) is 62.9 Å². The highest BCUT2D eigenvalue weighted by Gasteiger charge is 2.12. The Morgan fingerprint density at radius 2 is 1.55 bits per heavy atom. The van der Waals surface area contributed by atoms with E-state index in [4.69, 9.17) is 14.2 Å². The smallest absolute Gasteiger partial charge is 0.323 e. The van der Waals surface area contributed by atoms with Crippen LogP contribution in [0.2, 0.25) is 0 Å². The fourth-order valence-corrected chi connectivity index (χ4v) is 2.98. The minimum absolute atomic E-state index is 0.358. The van der Waals surface area contributed by atoms with Crippen LogP contribution in [0.15, 0.2) is 73.1 Å². The van der Waals surface area contributed by atoms with Crippen molar-refractivity contribution < 1.29 is 19.0 Å². The van der Waals surface area contributed by atoms with Crippen LogP contribution in [0.4, 0.5) is 16.2 Å². The van der Waals surface area contributed by atoms with Crippen molar-refractivity contribution in [3.05, 3.63) is 73.1 Å². The summed E-state index contributed by atoms with van der Waals surface area (Å²) < 4.78 is 16.6. The van der Waals surface area contributed by atoms with E-state index >= 15 is 0 Å². The van der Waals surface area contributed by atoms with E-state index in [1.807, 2.05) is 18.2 Å². The lowest BCUT2D eigenvalue weighted by molar-refractivity contribution is 0.262. The van der Waals surface area contributed by atoms with Gasteiger partial charge in [0, 0.05) is 29.4 Å². The molecule has 2 aromatic heterocycles. The van der Waals surface area contributed by atoms with Gasteiger partial charge in [0.2, 0.25) is 5.88 Å². The van der Waals surface area contributed by atoms with Crippen LogP contribution in [0.3, 0.4) is 0 Å². The molecule has 0 radical (unpaired) electrons. The molecular weight excluding hydrogens is 396 g/mol. The van der Waals surface area contributed by atoms with Gasteiger partial charge in [-0.2, -0.15) is 0 Å². The van der Waals surface area contributed by atoms with Crippen LogP contribution in [-0.2, 0) is 0 Å². The van der Waals surface area contributed by atoms with Crippen LogP contribution in [0.5, 0.6) is 23.1 Å². The summed E-state index contributed by atoms with van der Waals surface area (Å²) in [5, 5.41) is 6.23. The Hall–Kier alpha value is -4.33. The number of para-hydroxylation sites is 1. The Morgan fingerprint density at radius 3 is 2.26 bits per heavy atom. The summed E-state index contributed by atoms with van der Waals surface area (Å²) in [6.45, 7) is 0. The minimum Gasteiger partial charge on any atom is -0.493 e. The summed E-state index contributed by atoms with van der Waals surface area (Å²) in [4.78, 5) is 20.7. The number of hydrogen-bond donors (Lipinski definition) is 2. The maximum absolute atomic E-state index is 12.1. The van der Waals surface area contributed by atoms with Crippen molar-refractivity contribution >= 4 is 28.3 Å². The SMILES string of the molecule is COc1cc2nccc(Oc3ccc(NC(=O)Nc4ccccc4)cn3)c2cc1OC. The third-order valence-electron chi connectivity index (χ3n) is 4.45. The lowest BCUT2D eigenvalue weighted by Crippen LogP contribution is -2.19. The Balaban J connectivity index is 1.49. The van der Waals surface area contributed by atoms with Crippen LogP contribution in [0, 0.1) is 0 Å². The first-order chi connectivity index (χ1) is 15.2. The second kappa shape index (κ2) is 9.00. The van der Waals surface area contributed by atoms with E-state index in [0.29, 0.717) is 40.0 Å². The standard InChI is InChI=1S/C23H20N4O4/c1-29-20-12-17-18(13-21(20)30-2)24-11-10-19(17)31-22-9-8-16(14-25-22)27-23(28)26-15-6-4-3-5-7-15/h3-14H,1-2H3,(H2,26,27,28). The first-order valence-electron chi connectivity index (χ1n) is 9.44. The molecule has 0 bridgehead atoms. The molecule has 2 amide bonds. The zero-order chi connectivity index (χ0) is 21.6. The Bertz CT molecular complexity index is 1200. The first kappa shape index (κ1) is 20.0. The average molecular weight is 416 g/mol. The molecule has 4 rings (SSSR count). The number of aromatic nitrogens is 2. The van der Waals surface area contributed by atoms with Crippen molar-refractivity contribution in [3.8, 4) is 23.1 Å². The van der Waals surface area contributed by atoms with Crippen LogP contribution in [-0.4, -0.2) is 30.2 Å². The zero-order valence-electron chi connectivity index (χ0n) is 17.0. The molecule has 156 valence electrons. The first-order valence-corrected chi connectivity index (χ1v) is 9.44. The summed E-state index contributed by atoms with van der Waals surface area (Å²) in [6, 6.07) is 17.5. The summed E-state index contributed by atoms with van der Waals surface area (Å²) in [5.41, 5.74) is 1.93. The van der Waals surface area contributed by atoms with E-state index in [-0.39, 0.29) is 6.03 Å². The van der Waals surface area contributed by atoms with Gasteiger partial charge in [-0.1, -0.05) is 18.2 Å². The second-order valence-electron chi connectivity index (χ2n) is 6.47. The number of fused-ring (bicyclic) bond motifs is 1. The molecule has 8 heteroatoms. The van der Waals surface area contributed by atoms with Gasteiger partial charge in [-0.05, 0) is 30.3 Å². The molecule has 4 aromatic rings. The Morgan fingerprint density at radius 1 is 0.806 bits per heavy atom. The number of benzene rings is 2. The maximum Gasteiger partial charge on any atom is 0.323 e. The van der Waals surface area contributed by atoms with E-state index in [9.17, 15) is 4.79 Å². The second-order valence-corrected chi connectivity index (χ2v) is 6.47. The molecule has 2 N–H and O–H groups in total. The molecule has 0 aliphatic rings. The predicted octanol–water partition coefficient (Wildman–Crippen LogP) is 5.08. The normalized spacial score (nSPS) is 10.4. The summed E-state index contributed by atoms with van der Waals surface area (Å²) >= 11 is 0. The number of carbonyl (C=O) groups excluding carboxylic acids is 1. The summed E-state index contributed by atoms with van der Waals surface area (Å²) in [6.07, 6.45) is 3.17. The molecule has 8 nitrogen and oxygen atoms in total. The Kier molecular flexibility index (Phi) is 5.79. The number of hydrogen-bond acceptors (Lipinski definition) is 6. The molecular formula is C23H20N4O4. The molecule has 0 fully saturated rings. The largest absolute Gasteiger partial charge is 0.493 e. The van der Waals surface area contributed by atoms with Crippen molar-refractivity contribution in [1.29, 1.82) is 0 Å². The van der Waals surface area contributed by atoms with Crippen molar-refractivity contribution in [3.63, 3.8) is 0 Å². The number of pyridine rings is 2. The van der Waals surface area contributed by atoms with E-state index in [1.165, 1.54) is 6.20 Å². The fourth-order valence-electron chi connectivity index (χ4n) is 2.98. The predicted molar refractivity (Wildman–Crippen MR) is 118 cm³/mol. The molecule has 0 aliphatic carbocycles. The van der Waals surface area contributed by atoms with E-state index in [0.717, 1.165) is 5.39 Å². The number of nitrogens with zero attached hydrogens (tertiary/aromatic N) is 2. The van der Waals surface area contributed by atoms with Gasteiger partial charge in [0.15, 0.2) is 11.5 Å². The van der Waals surface area contributed by atoms with Gasteiger partial charge in [-0.15, -0.1) is 0 Å². The number of anilines is 2. The number of ether oxygens (including phenoxy) is 3. The average Bonchev–Trinajstić information content (AvgIpc) is 2.80. The maximum atomic E-state index is 12.1. The molecule has 0 unspecified atom stereocenters. The topological polar surface area (TPSA) is 94.6 Å². The third-order valence-corrected chi connectivity index (χ3v) is 4.45. The van der Waals surface area contributed by atoms with Crippen LogP contribution >= 0.6 is 0 Å². The molecule has 0 aliphatic heterocycles. The van der Waals surface area contributed by atoms with Gasteiger partial charge in [-0.25, -0.2) is 9.78 Å². The van der Waals surface area contributed by atoms with Gasteiger partial charge in [-0.3, -0.25) is 4.98 Å². The van der Waals surface area contributed by atoms with Gasteiger partial charge in [0.25, 0.3) is 0 Å². The highest BCUT2D eigenvalue weighted by molar-refractivity contribution is 5.99. The quantitative estimate of drug-likeness (QED) is 0.455. The molecule has 0 saturated heterocycles. The Labute approximate surface area is 178 Å². The van der Waals surface area contributed by atoms with Crippen molar-refractivity contribution in [1.82, 2.24) is 9.97 Å². The summed E-state index contributed by atoms with van der Waals surface area (Å²) in [7, 11) is 3.14. The highest BCUT2D eigenvalue weighted by atomic mass is 16.5. The minimum atomic E-state index is -0.358. The van der Waals surface area contributed by atoms with Crippen LogP contribution in [0.1, 0.15) is 0 Å². The molecule has 31 heavy (non-hydrogen) atoms. The van der Waals surface area contributed by atoms with Crippen molar-refractivity contribution in [2.24, 2.45) is 0 Å². The van der Waals surface area contributed by atoms with E-state index in [2.05, 4.69) is 20.6 Å². The molecule has 0 spiro atoms. The molecule has 2 aromatic carbocycles. The summed E-state index contributed by atoms with van der Waals surface area (Å²) in [5.74, 6) is 2.10. The number of nitrogens with one attached hydrogen (secondary N) is 2. The van der Waals surface area contributed by atoms with Crippen molar-refractivity contribution in [2.45, 2.75) is 0 Å². The van der Waals surface area contributed by atoms with Gasteiger partial charge >= 0.3 is 6.03 Å². The molecule has 2 heterocycles. The van der Waals surface area contributed by atoms with E-state index < -0.39 is 0 Å². The molecule has 0 atom stereocenters. The number of urea groups is 1. The van der Waals surface area contributed by atoms with Crippen molar-refractivity contribution in [2.75, 3.05) is 24.9 Å². The monoisotopic (exact) mass is 416 g/mol. The van der Waals surface area contributed by atoms with Gasteiger partial charge in [0.1, 0.15) is 5.75 Å². The molecule has 0 saturated carbocycles. The number of methoxy groups -OCH3 is 2. The lowest BCUT2D eigenvalue weighted by atomic mass is 10.2. The fraction of sp³-hybridized carbons (Fsp3) is 0.0870. The van der Waals surface area contributed by atoms with Crippen LogP contribution in [0.25, 0.3) is 10.9 Å². The number of amides is 2. The zero-order valence-corrected chi connectivity index (χ0v) is 17.0. The van der Waals surface area contributed by atoms with Gasteiger partial charge < -0.3 is 24.8 Å². The number of carbonyl (C=O) groups is 1. The lowest BCUT2D eigenvalue weighted by Gasteiger charge is -2.12. The highest BCUT2D eigenvalue weighted by Crippen LogP contribution is 2.36.